The smallest absolute Gasteiger partial charge is 0.119 e. The van der Waals surface area contributed by atoms with Crippen LogP contribution in [0.5, 0.6) is 0 Å². The van der Waals surface area contributed by atoms with E-state index < -0.39 is 0 Å². The third-order valence-electron chi connectivity index (χ3n) is 1.18. The molecule has 0 atom stereocenters. The lowest BCUT2D eigenvalue weighted by Crippen LogP contribution is -1.93. The molecule has 0 saturated carbocycles. The molecule has 1 heterocycles. The van der Waals surface area contributed by atoms with Crippen molar-refractivity contribution >= 4 is 11.3 Å². The molecule has 1 radical (unpaired) electrons. The van der Waals surface area contributed by atoms with Gasteiger partial charge in [0.05, 0.1) is 6.61 Å². The highest BCUT2D eigenvalue weighted by Gasteiger charge is 1.96. The zero-order valence-electron chi connectivity index (χ0n) is 6.67. The molecule has 0 saturated heterocycles. The van der Waals surface area contributed by atoms with Crippen LogP contribution in [-0.4, -0.2) is 11.6 Å². The minimum atomic E-state index is 0.633. The minimum Gasteiger partial charge on any atom is -0.374 e. The number of nitrogens with zero attached hydrogens (tertiary/aromatic N) is 1. The number of thiazole rings is 1. The maximum absolute atomic E-state index is 5.27. The van der Waals surface area contributed by atoms with Crippen LogP contribution in [0, 0.1) is 13.8 Å². The highest BCUT2D eigenvalue weighted by molar-refractivity contribution is 7.09. The molecule has 0 amide bonds. The average molecular weight is 170 g/mol. The van der Waals surface area contributed by atoms with Crippen LogP contribution in [0.15, 0.2) is 5.38 Å². The molecular formula is C8H12NOS. The summed E-state index contributed by atoms with van der Waals surface area (Å²) in [4.78, 5) is 4.26. The molecule has 0 aliphatic carbocycles. The van der Waals surface area contributed by atoms with Gasteiger partial charge in [0, 0.05) is 17.7 Å². The van der Waals surface area contributed by atoms with Crippen molar-refractivity contribution in [2.45, 2.75) is 20.0 Å². The van der Waals surface area contributed by atoms with E-state index in [1.165, 1.54) is 0 Å². The highest BCUT2D eigenvalue weighted by Crippen LogP contribution is 2.09. The molecule has 1 rings (SSSR count). The number of hydrogen-bond acceptors (Lipinski definition) is 3. The quantitative estimate of drug-likeness (QED) is 0.646. The van der Waals surface area contributed by atoms with Gasteiger partial charge in [-0.3, -0.25) is 0 Å². The van der Waals surface area contributed by atoms with Crippen molar-refractivity contribution in [2.24, 2.45) is 0 Å². The fourth-order valence-electron chi connectivity index (χ4n) is 0.731. The zero-order chi connectivity index (χ0) is 8.10. The number of rotatable bonds is 4. The van der Waals surface area contributed by atoms with Crippen molar-refractivity contribution in [1.82, 2.24) is 4.98 Å². The van der Waals surface area contributed by atoms with Gasteiger partial charge < -0.3 is 4.74 Å². The van der Waals surface area contributed by atoms with Gasteiger partial charge >= 0.3 is 0 Å². The lowest BCUT2D eigenvalue weighted by atomic mass is 10.5. The summed E-state index contributed by atoms with van der Waals surface area (Å²) in [5.41, 5.74) is 1.07. The molecule has 0 unspecified atom stereocenters. The first-order valence-electron chi connectivity index (χ1n) is 3.61. The van der Waals surface area contributed by atoms with Gasteiger partial charge in [0.2, 0.25) is 0 Å². The third kappa shape index (κ3) is 2.99. The van der Waals surface area contributed by atoms with Gasteiger partial charge in [-0.1, -0.05) is 6.92 Å². The third-order valence-corrected chi connectivity index (χ3v) is 2.12. The van der Waals surface area contributed by atoms with Crippen molar-refractivity contribution in [3.63, 3.8) is 0 Å². The molecule has 0 spiro atoms. The van der Waals surface area contributed by atoms with Crippen LogP contribution in [0.2, 0.25) is 0 Å². The first-order chi connectivity index (χ1) is 5.33. The summed E-state index contributed by atoms with van der Waals surface area (Å²) in [6.45, 7) is 7.02. The van der Waals surface area contributed by atoms with E-state index in [1.54, 1.807) is 11.3 Å². The summed E-state index contributed by atoms with van der Waals surface area (Å²) in [5.74, 6) is 0. The predicted molar refractivity (Wildman–Crippen MR) is 46.5 cm³/mol. The minimum absolute atomic E-state index is 0.633. The Morgan fingerprint density at radius 2 is 2.55 bits per heavy atom. The van der Waals surface area contributed by atoms with Gasteiger partial charge in [0.1, 0.15) is 5.01 Å². The fraction of sp³-hybridized carbons (Fsp3) is 0.500. The number of aryl methyl sites for hydroxylation is 1. The van der Waals surface area contributed by atoms with Gasteiger partial charge in [0.15, 0.2) is 0 Å². The summed E-state index contributed by atoms with van der Waals surface area (Å²) in [6.07, 6.45) is 0.824. The maximum Gasteiger partial charge on any atom is 0.119 e. The second kappa shape index (κ2) is 4.46. The van der Waals surface area contributed by atoms with Crippen LogP contribution >= 0.6 is 11.3 Å². The van der Waals surface area contributed by atoms with Crippen LogP contribution < -0.4 is 0 Å². The monoisotopic (exact) mass is 170 g/mol. The summed E-state index contributed by atoms with van der Waals surface area (Å²) in [7, 11) is 0. The number of aromatic nitrogens is 1. The Hall–Kier alpha value is -0.410. The maximum atomic E-state index is 5.27. The van der Waals surface area contributed by atoms with Gasteiger partial charge in [-0.15, -0.1) is 11.3 Å². The van der Waals surface area contributed by atoms with E-state index >= 15 is 0 Å². The summed E-state index contributed by atoms with van der Waals surface area (Å²) < 4.78 is 5.27. The Balaban J connectivity index is 2.27. The fourth-order valence-corrected chi connectivity index (χ4v) is 1.44. The van der Waals surface area contributed by atoms with Crippen LogP contribution in [0.1, 0.15) is 17.1 Å². The molecule has 2 nitrogen and oxygen atoms in total. The van der Waals surface area contributed by atoms with E-state index in [-0.39, 0.29) is 0 Å². The van der Waals surface area contributed by atoms with Gasteiger partial charge in [0.25, 0.3) is 0 Å². The molecule has 0 aliphatic rings. The molecule has 3 heteroatoms. The van der Waals surface area contributed by atoms with Gasteiger partial charge in [-0.05, 0) is 13.3 Å². The topological polar surface area (TPSA) is 22.1 Å². The normalized spacial score (nSPS) is 10.4. The Labute approximate surface area is 71.2 Å². The second-order valence-electron chi connectivity index (χ2n) is 2.29. The van der Waals surface area contributed by atoms with Crippen molar-refractivity contribution in [3.8, 4) is 0 Å². The number of hydrogen-bond donors (Lipinski definition) is 0. The van der Waals surface area contributed by atoms with Crippen molar-refractivity contribution < 1.29 is 4.74 Å². The molecular weight excluding hydrogens is 158 g/mol. The largest absolute Gasteiger partial charge is 0.374 e. The summed E-state index contributed by atoms with van der Waals surface area (Å²) >= 11 is 1.64. The standard InChI is InChI=1S/C8H12NOS/c1-3-4-10-5-8-9-7(2)6-11-8/h6H,1,3-5H2,2H3. The Morgan fingerprint density at radius 3 is 3.09 bits per heavy atom. The summed E-state index contributed by atoms with van der Waals surface area (Å²) in [5, 5.41) is 3.08. The Kier molecular flexibility index (Phi) is 3.52. The zero-order valence-corrected chi connectivity index (χ0v) is 7.49. The highest BCUT2D eigenvalue weighted by atomic mass is 32.1. The van der Waals surface area contributed by atoms with Crippen LogP contribution in [0.3, 0.4) is 0 Å². The Bertz CT molecular complexity index is 210. The molecule has 1 aromatic rings. The van der Waals surface area contributed by atoms with Gasteiger partial charge in [-0.25, -0.2) is 4.98 Å². The molecule has 1 aromatic heterocycles. The van der Waals surface area contributed by atoms with E-state index in [0.717, 1.165) is 23.7 Å². The van der Waals surface area contributed by atoms with Crippen molar-refractivity contribution in [1.29, 1.82) is 0 Å². The Morgan fingerprint density at radius 1 is 1.73 bits per heavy atom. The lowest BCUT2D eigenvalue weighted by Gasteiger charge is -1.96. The molecule has 0 aromatic carbocycles. The van der Waals surface area contributed by atoms with Crippen LogP contribution in [-0.2, 0) is 11.3 Å². The van der Waals surface area contributed by atoms with E-state index in [0.29, 0.717) is 6.61 Å². The molecule has 11 heavy (non-hydrogen) atoms. The van der Waals surface area contributed by atoms with Crippen molar-refractivity contribution in [2.75, 3.05) is 6.61 Å². The lowest BCUT2D eigenvalue weighted by molar-refractivity contribution is 0.124. The van der Waals surface area contributed by atoms with E-state index in [2.05, 4.69) is 11.9 Å². The second-order valence-corrected chi connectivity index (χ2v) is 3.23. The van der Waals surface area contributed by atoms with Crippen molar-refractivity contribution in [3.05, 3.63) is 23.0 Å². The van der Waals surface area contributed by atoms with E-state index in [1.807, 2.05) is 12.3 Å². The van der Waals surface area contributed by atoms with E-state index in [4.69, 9.17) is 4.74 Å². The van der Waals surface area contributed by atoms with Crippen LogP contribution in [0.25, 0.3) is 0 Å². The molecule has 0 N–H and O–H groups in total. The molecule has 0 bridgehead atoms. The first kappa shape index (κ1) is 8.68. The van der Waals surface area contributed by atoms with Gasteiger partial charge in [-0.2, -0.15) is 0 Å². The molecule has 0 aliphatic heterocycles. The van der Waals surface area contributed by atoms with E-state index in [9.17, 15) is 0 Å². The number of ether oxygens (including phenoxy) is 1. The summed E-state index contributed by atoms with van der Waals surface area (Å²) in [6, 6.07) is 0. The molecule has 0 fully saturated rings. The SMILES string of the molecule is [CH2]CCOCc1nc(C)cs1. The first-order valence-corrected chi connectivity index (χ1v) is 4.49. The average Bonchev–Trinajstić information content (AvgIpc) is 2.37. The predicted octanol–water partition coefficient (Wildman–Crippen LogP) is 2.19. The van der Waals surface area contributed by atoms with Crippen LogP contribution in [0.4, 0.5) is 0 Å². The molecule has 61 valence electrons.